The number of hydrogen-bond donors (Lipinski definition) is 2. The predicted molar refractivity (Wildman–Crippen MR) is 205 cm³/mol. The highest BCUT2D eigenvalue weighted by Crippen LogP contribution is 2.65. The summed E-state index contributed by atoms with van der Waals surface area (Å²) in [6.07, 6.45) is 11.1. The highest BCUT2D eigenvalue weighted by Gasteiger charge is 2.66. The molecule has 6 aliphatic rings. The maximum Gasteiger partial charge on any atom is 0.410 e. The number of nitrogens with one attached hydrogen (secondary N) is 2. The molecule has 52 heavy (non-hydrogen) atoms. The number of hydrazine groups is 1. The molecule has 11 nitrogen and oxygen atoms in total. The summed E-state index contributed by atoms with van der Waals surface area (Å²) in [5.41, 5.74) is 4.99. The molecule has 2 aliphatic carbocycles. The summed E-state index contributed by atoms with van der Waals surface area (Å²) in [6, 6.07) is 12.0. The van der Waals surface area contributed by atoms with Crippen LogP contribution in [0, 0.1) is 23.2 Å². The van der Waals surface area contributed by atoms with Crippen molar-refractivity contribution in [2.45, 2.75) is 142 Å². The maximum absolute atomic E-state index is 12.9. The summed E-state index contributed by atoms with van der Waals surface area (Å²) in [5, 5.41) is 16.1. The highest BCUT2D eigenvalue weighted by molar-refractivity contribution is 5.69. The average Bonchev–Trinajstić information content (AvgIpc) is 3.29. The lowest BCUT2D eigenvalue weighted by Gasteiger charge is -2.53. The molecule has 1 amide bonds. The van der Waals surface area contributed by atoms with Crippen LogP contribution in [0.3, 0.4) is 0 Å². The van der Waals surface area contributed by atoms with Crippen molar-refractivity contribution in [3.8, 4) is 0 Å². The fraction of sp³-hybridized carbons (Fsp3) is 0.756. The number of ether oxygens (including phenoxy) is 2. The van der Waals surface area contributed by atoms with Crippen molar-refractivity contribution in [2.75, 3.05) is 43.5 Å². The van der Waals surface area contributed by atoms with E-state index < -0.39 is 5.60 Å². The van der Waals surface area contributed by atoms with Gasteiger partial charge in [0.05, 0.1) is 6.10 Å². The Morgan fingerprint density at radius 3 is 2.52 bits per heavy atom. The Bertz CT molecular complexity index is 1510. The highest BCUT2D eigenvalue weighted by atomic mass is 16.6. The van der Waals surface area contributed by atoms with Crippen molar-refractivity contribution < 1.29 is 14.3 Å². The van der Waals surface area contributed by atoms with Crippen LogP contribution in [-0.4, -0.2) is 94.3 Å². The second-order valence-electron chi connectivity index (χ2n) is 17.6. The Balaban J connectivity index is 1.09. The predicted octanol–water partition coefficient (Wildman–Crippen LogP) is 7.01. The molecule has 2 saturated carbocycles. The number of carbonyl (C=O) groups is 1. The van der Waals surface area contributed by atoms with Crippen LogP contribution >= 0.6 is 0 Å². The number of nitrogens with zero attached hydrogens (tertiary/aromatic N) is 6. The third-order valence-corrected chi connectivity index (χ3v) is 13.4. The lowest BCUT2D eigenvalue weighted by Crippen LogP contribution is -2.54. The summed E-state index contributed by atoms with van der Waals surface area (Å²) in [5.74, 6) is 4.98. The monoisotopic (exact) mass is 717 g/mol. The Kier molecular flexibility index (Phi) is 11.0. The molecule has 1 aromatic carbocycles. The van der Waals surface area contributed by atoms with Crippen LogP contribution in [0.25, 0.3) is 0 Å². The summed E-state index contributed by atoms with van der Waals surface area (Å²) in [6.45, 7) is 15.9. The molecule has 5 heterocycles. The first-order chi connectivity index (χ1) is 25.0. The van der Waals surface area contributed by atoms with Crippen molar-refractivity contribution in [3.05, 3.63) is 41.7 Å². The molecule has 4 saturated heterocycles. The van der Waals surface area contributed by atoms with E-state index in [-0.39, 0.29) is 17.4 Å². The van der Waals surface area contributed by atoms with E-state index in [0.29, 0.717) is 62.8 Å². The Morgan fingerprint density at radius 2 is 1.83 bits per heavy atom. The molecule has 8 atom stereocenters. The Hall–Kier alpha value is -3.02. The topological polar surface area (TPSA) is 108 Å². The molecule has 2 aromatic rings. The van der Waals surface area contributed by atoms with Crippen molar-refractivity contribution >= 4 is 17.7 Å². The van der Waals surface area contributed by atoms with Gasteiger partial charge in [-0.15, -0.1) is 10.2 Å². The normalized spacial score (nSPS) is 32.3. The zero-order valence-corrected chi connectivity index (χ0v) is 32.8. The number of carbonyl (C=O) groups excluding carboxylic acids is 1. The summed E-state index contributed by atoms with van der Waals surface area (Å²) >= 11 is 0. The molecular formula is C41H64N8O3. The van der Waals surface area contributed by atoms with Gasteiger partial charge in [-0.1, -0.05) is 43.7 Å². The molecule has 8 rings (SSSR count). The van der Waals surface area contributed by atoms with Crippen LogP contribution in [0.1, 0.15) is 117 Å². The van der Waals surface area contributed by atoms with E-state index >= 15 is 0 Å². The van der Waals surface area contributed by atoms with E-state index in [4.69, 9.17) is 24.7 Å². The number of aromatic nitrogens is 3. The number of anilines is 2. The Morgan fingerprint density at radius 1 is 1.08 bits per heavy atom. The summed E-state index contributed by atoms with van der Waals surface area (Å²) in [7, 11) is 1.84. The first-order valence-electron chi connectivity index (χ1n) is 20.3. The molecule has 6 fully saturated rings. The van der Waals surface area contributed by atoms with Crippen molar-refractivity contribution in [3.63, 3.8) is 0 Å². The van der Waals surface area contributed by atoms with Crippen LogP contribution in [0.15, 0.2) is 30.3 Å². The fourth-order valence-corrected chi connectivity index (χ4v) is 10.3. The van der Waals surface area contributed by atoms with Crippen molar-refractivity contribution in [2.24, 2.45) is 23.2 Å². The first-order valence-corrected chi connectivity index (χ1v) is 20.3. The second-order valence-corrected chi connectivity index (χ2v) is 17.6. The van der Waals surface area contributed by atoms with E-state index in [1.54, 1.807) is 0 Å². The molecule has 0 spiro atoms. The molecule has 11 heteroatoms. The number of hydrogen-bond acceptors (Lipinski definition) is 10. The molecular weight excluding hydrogens is 653 g/mol. The van der Waals surface area contributed by atoms with Gasteiger partial charge in [-0.3, -0.25) is 5.43 Å². The molecule has 2 N–H and O–H groups in total. The molecule has 286 valence electrons. The lowest BCUT2D eigenvalue weighted by atomic mass is 9.51. The molecule has 1 aromatic heterocycles. The first kappa shape index (κ1) is 37.3. The van der Waals surface area contributed by atoms with E-state index in [2.05, 4.69) is 65.7 Å². The van der Waals surface area contributed by atoms with Gasteiger partial charge in [0.1, 0.15) is 5.60 Å². The smallest absolute Gasteiger partial charge is 0.410 e. The van der Waals surface area contributed by atoms with Gasteiger partial charge in [0.15, 0.2) is 17.5 Å². The average molecular weight is 717 g/mol. The van der Waals surface area contributed by atoms with Gasteiger partial charge in [0, 0.05) is 69.3 Å². The van der Waals surface area contributed by atoms with E-state index in [9.17, 15) is 4.79 Å². The fourth-order valence-electron chi connectivity index (χ4n) is 10.3. The SMILES string of the molecule is CCC(CCC(C)OC)CC1C2CC(C2)C23CC(c4nnc(NCc5ccccc5)c(N5CCN(C(=O)OC(C)(C)C)CC5)n4)CCC2N1NC3C. The molecule has 0 radical (unpaired) electrons. The summed E-state index contributed by atoms with van der Waals surface area (Å²) < 4.78 is 11.3. The van der Waals surface area contributed by atoms with Crippen LogP contribution < -0.4 is 15.6 Å². The second kappa shape index (κ2) is 15.4. The molecule has 4 aliphatic heterocycles. The van der Waals surface area contributed by atoms with Gasteiger partial charge in [0.2, 0.25) is 0 Å². The van der Waals surface area contributed by atoms with Gasteiger partial charge >= 0.3 is 6.09 Å². The van der Waals surface area contributed by atoms with Gasteiger partial charge < -0.3 is 24.6 Å². The molecule has 8 unspecified atom stereocenters. The minimum Gasteiger partial charge on any atom is -0.444 e. The van der Waals surface area contributed by atoms with Crippen molar-refractivity contribution in [1.82, 2.24) is 30.5 Å². The van der Waals surface area contributed by atoms with E-state index in [0.717, 1.165) is 48.7 Å². The van der Waals surface area contributed by atoms with Crippen LogP contribution in [0.2, 0.25) is 0 Å². The van der Waals surface area contributed by atoms with E-state index in [1.165, 1.54) is 44.1 Å². The van der Waals surface area contributed by atoms with E-state index in [1.807, 2.05) is 38.8 Å². The van der Waals surface area contributed by atoms with Crippen LogP contribution in [-0.2, 0) is 16.0 Å². The van der Waals surface area contributed by atoms with Crippen LogP contribution in [0.4, 0.5) is 16.4 Å². The quantitative estimate of drug-likeness (QED) is 0.238. The summed E-state index contributed by atoms with van der Waals surface area (Å²) in [4.78, 5) is 22.3. The third kappa shape index (κ3) is 7.51. The molecule has 4 bridgehead atoms. The Labute approximate surface area is 312 Å². The van der Waals surface area contributed by atoms with Crippen LogP contribution in [0.5, 0.6) is 0 Å². The minimum absolute atomic E-state index is 0.229. The zero-order valence-electron chi connectivity index (χ0n) is 32.8. The van der Waals surface area contributed by atoms with Gasteiger partial charge in [-0.05, 0) is 109 Å². The van der Waals surface area contributed by atoms with Gasteiger partial charge in [-0.25, -0.2) is 14.8 Å². The number of amides is 1. The van der Waals surface area contributed by atoms with Gasteiger partial charge in [-0.2, -0.15) is 0 Å². The standard InChI is InChI=1S/C41H64N8O3/c1-8-29(15-14-27(2)51-7)22-34-32-23-33(24-32)41-25-31(16-17-35(41)49(34)46-28(41)3)36-43-38(37(45-44-36)42-26-30-12-10-9-11-13-30)47-18-20-48(21-19-47)39(50)52-40(4,5)6/h9-13,27-29,31-35,46H,8,14-26H2,1-7H3,(H,42,45). The number of methoxy groups -OCH3 is 1. The number of benzene rings is 1. The number of piperazine rings is 1. The maximum atomic E-state index is 12.9. The van der Waals surface area contributed by atoms with Gasteiger partial charge in [0.25, 0.3) is 0 Å². The largest absolute Gasteiger partial charge is 0.444 e. The number of rotatable bonds is 12. The van der Waals surface area contributed by atoms with Crippen molar-refractivity contribution in [1.29, 1.82) is 0 Å². The minimum atomic E-state index is -0.518. The third-order valence-electron chi connectivity index (χ3n) is 13.4. The lowest BCUT2D eigenvalue weighted by molar-refractivity contribution is -0.0108. The zero-order chi connectivity index (χ0) is 36.6.